The van der Waals surface area contributed by atoms with E-state index in [9.17, 15) is 0 Å². The van der Waals surface area contributed by atoms with E-state index in [2.05, 4.69) is 27.8 Å². The molecule has 102 valence electrons. The van der Waals surface area contributed by atoms with Gasteiger partial charge in [0.25, 0.3) is 0 Å². The summed E-state index contributed by atoms with van der Waals surface area (Å²) in [6, 6.07) is 0.242. The Hall–Kier alpha value is -1.98. The summed E-state index contributed by atoms with van der Waals surface area (Å²) in [7, 11) is 3.92. The summed E-state index contributed by atoms with van der Waals surface area (Å²) in [6.45, 7) is 3.04. The van der Waals surface area contributed by atoms with Crippen molar-refractivity contribution in [2.24, 2.45) is 14.1 Å². The Bertz CT molecular complexity index is 582. The quantitative estimate of drug-likeness (QED) is 0.881. The van der Waals surface area contributed by atoms with E-state index in [1.54, 1.807) is 0 Å². The molecule has 0 radical (unpaired) electrons. The molecule has 2 aromatic rings. The Morgan fingerprint density at radius 2 is 2.26 bits per heavy atom. The maximum atomic E-state index is 4.59. The molecule has 19 heavy (non-hydrogen) atoms. The van der Waals surface area contributed by atoms with E-state index < -0.39 is 0 Å². The lowest BCUT2D eigenvalue weighted by Gasteiger charge is -2.26. The van der Waals surface area contributed by atoms with Crippen LogP contribution in [0.25, 0.3) is 0 Å². The first-order valence-electron chi connectivity index (χ1n) is 6.74. The minimum atomic E-state index is 0.242. The minimum absolute atomic E-state index is 0.242. The fraction of sp³-hybridized carbons (Fsp3) is 0.538. The first kappa shape index (κ1) is 12.1. The monoisotopic (exact) mass is 260 g/mol. The molecule has 0 bridgehead atoms. The average Bonchev–Trinajstić information content (AvgIpc) is 2.95. The van der Waals surface area contributed by atoms with Gasteiger partial charge in [-0.05, 0) is 6.42 Å². The SMILES string of the molecule is CCCc1nn(C)c2c1NCC(c1cnn(C)c1)N2. The Morgan fingerprint density at radius 3 is 2.95 bits per heavy atom. The predicted octanol–water partition coefficient (Wildman–Crippen LogP) is 1.68. The predicted molar refractivity (Wildman–Crippen MR) is 75.3 cm³/mol. The number of aromatic nitrogens is 4. The van der Waals surface area contributed by atoms with Gasteiger partial charge in [-0.2, -0.15) is 10.2 Å². The zero-order chi connectivity index (χ0) is 13.4. The fourth-order valence-electron chi connectivity index (χ4n) is 2.58. The van der Waals surface area contributed by atoms with Crippen molar-refractivity contribution in [2.75, 3.05) is 17.2 Å². The molecular formula is C13H20N6. The molecule has 0 saturated heterocycles. The van der Waals surface area contributed by atoms with Crippen molar-refractivity contribution >= 4 is 11.5 Å². The molecular weight excluding hydrogens is 240 g/mol. The van der Waals surface area contributed by atoms with Gasteiger partial charge in [0.05, 0.1) is 17.9 Å². The summed E-state index contributed by atoms with van der Waals surface area (Å²) in [6.07, 6.45) is 6.08. The van der Waals surface area contributed by atoms with Gasteiger partial charge in [-0.15, -0.1) is 0 Å². The number of anilines is 2. The van der Waals surface area contributed by atoms with Gasteiger partial charge in [-0.1, -0.05) is 13.3 Å². The molecule has 3 heterocycles. The Kier molecular flexibility index (Phi) is 2.93. The minimum Gasteiger partial charge on any atom is -0.378 e. The first-order chi connectivity index (χ1) is 9.19. The van der Waals surface area contributed by atoms with Crippen LogP contribution in [-0.2, 0) is 20.5 Å². The molecule has 1 unspecified atom stereocenters. The van der Waals surface area contributed by atoms with E-state index >= 15 is 0 Å². The summed E-state index contributed by atoms with van der Waals surface area (Å²) >= 11 is 0. The van der Waals surface area contributed by atoms with E-state index in [4.69, 9.17) is 0 Å². The van der Waals surface area contributed by atoms with Crippen LogP contribution in [0.3, 0.4) is 0 Å². The molecule has 2 N–H and O–H groups in total. The lowest BCUT2D eigenvalue weighted by molar-refractivity contribution is 0.717. The molecule has 0 saturated carbocycles. The van der Waals surface area contributed by atoms with Gasteiger partial charge in [0.2, 0.25) is 0 Å². The standard InChI is InChI=1S/C13H20N6/c1-4-5-10-12-13(19(3)17-10)16-11(7-14-12)9-6-15-18(2)8-9/h6,8,11,14,16H,4-5,7H2,1-3H3. The topological polar surface area (TPSA) is 59.7 Å². The van der Waals surface area contributed by atoms with E-state index in [1.165, 1.54) is 5.56 Å². The lowest BCUT2D eigenvalue weighted by Crippen LogP contribution is -2.26. The molecule has 1 aliphatic rings. The number of nitrogens with one attached hydrogen (secondary N) is 2. The third-order valence-electron chi connectivity index (χ3n) is 3.53. The van der Waals surface area contributed by atoms with Crippen molar-refractivity contribution in [3.8, 4) is 0 Å². The summed E-state index contributed by atoms with van der Waals surface area (Å²) in [5.74, 6) is 1.07. The van der Waals surface area contributed by atoms with E-state index in [0.717, 1.165) is 36.6 Å². The van der Waals surface area contributed by atoms with Gasteiger partial charge in [0.1, 0.15) is 11.5 Å². The number of fused-ring (bicyclic) bond motifs is 1. The van der Waals surface area contributed by atoms with E-state index in [0.29, 0.717) is 0 Å². The zero-order valence-electron chi connectivity index (χ0n) is 11.6. The van der Waals surface area contributed by atoms with Crippen molar-refractivity contribution in [3.05, 3.63) is 23.7 Å². The van der Waals surface area contributed by atoms with Crippen LogP contribution in [0, 0.1) is 0 Å². The summed E-state index contributed by atoms with van der Waals surface area (Å²) in [5, 5.41) is 15.9. The van der Waals surface area contributed by atoms with Crippen LogP contribution in [0.5, 0.6) is 0 Å². The summed E-state index contributed by atoms with van der Waals surface area (Å²) in [4.78, 5) is 0. The highest BCUT2D eigenvalue weighted by Crippen LogP contribution is 2.34. The van der Waals surface area contributed by atoms with E-state index in [1.807, 2.05) is 35.9 Å². The highest BCUT2D eigenvalue weighted by molar-refractivity contribution is 5.71. The molecule has 2 aromatic heterocycles. The molecule has 0 amide bonds. The number of hydrogen-bond acceptors (Lipinski definition) is 4. The third kappa shape index (κ3) is 2.07. The largest absolute Gasteiger partial charge is 0.378 e. The maximum absolute atomic E-state index is 4.59. The Morgan fingerprint density at radius 1 is 1.42 bits per heavy atom. The second kappa shape index (κ2) is 4.60. The van der Waals surface area contributed by atoms with Crippen LogP contribution < -0.4 is 10.6 Å². The number of hydrogen-bond donors (Lipinski definition) is 2. The number of rotatable bonds is 3. The second-order valence-corrected chi connectivity index (χ2v) is 5.07. The summed E-state index contributed by atoms with van der Waals surface area (Å²) in [5.41, 5.74) is 3.50. The fourth-order valence-corrected chi connectivity index (χ4v) is 2.58. The van der Waals surface area contributed by atoms with Crippen LogP contribution in [0.15, 0.2) is 12.4 Å². The smallest absolute Gasteiger partial charge is 0.148 e. The highest BCUT2D eigenvalue weighted by atomic mass is 15.4. The average molecular weight is 260 g/mol. The van der Waals surface area contributed by atoms with Crippen molar-refractivity contribution in [2.45, 2.75) is 25.8 Å². The Labute approximate surface area is 112 Å². The molecule has 6 heteroatoms. The van der Waals surface area contributed by atoms with Crippen LogP contribution in [0.4, 0.5) is 11.5 Å². The molecule has 1 aliphatic heterocycles. The van der Waals surface area contributed by atoms with Crippen LogP contribution >= 0.6 is 0 Å². The summed E-state index contributed by atoms with van der Waals surface area (Å²) < 4.78 is 3.76. The van der Waals surface area contributed by atoms with Crippen LogP contribution in [0.1, 0.15) is 30.6 Å². The van der Waals surface area contributed by atoms with Gasteiger partial charge < -0.3 is 10.6 Å². The van der Waals surface area contributed by atoms with Gasteiger partial charge in [-0.3, -0.25) is 9.36 Å². The van der Waals surface area contributed by atoms with E-state index in [-0.39, 0.29) is 6.04 Å². The van der Waals surface area contributed by atoms with Gasteiger partial charge in [0, 0.05) is 32.4 Å². The molecule has 3 rings (SSSR count). The van der Waals surface area contributed by atoms with Crippen molar-refractivity contribution in [3.63, 3.8) is 0 Å². The van der Waals surface area contributed by atoms with Gasteiger partial charge in [-0.25, -0.2) is 0 Å². The van der Waals surface area contributed by atoms with Crippen molar-refractivity contribution in [1.82, 2.24) is 19.6 Å². The molecule has 1 atom stereocenters. The number of aryl methyl sites for hydroxylation is 3. The second-order valence-electron chi connectivity index (χ2n) is 5.07. The van der Waals surface area contributed by atoms with Crippen LogP contribution in [0.2, 0.25) is 0 Å². The van der Waals surface area contributed by atoms with Gasteiger partial charge >= 0.3 is 0 Å². The molecule has 0 fully saturated rings. The van der Waals surface area contributed by atoms with Gasteiger partial charge in [0.15, 0.2) is 0 Å². The Balaban J connectivity index is 1.88. The van der Waals surface area contributed by atoms with Crippen molar-refractivity contribution in [1.29, 1.82) is 0 Å². The molecule has 0 aromatic carbocycles. The molecule has 0 spiro atoms. The first-order valence-corrected chi connectivity index (χ1v) is 6.74. The van der Waals surface area contributed by atoms with Crippen molar-refractivity contribution < 1.29 is 0 Å². The third-order valence-corrected chi connectivity index (χ3v) is 3.53. The number of nitrogens with zero attached hydrogens (tertiary/aromatic N) is 4. The zero-order valence-corrected chi connectivity index (χ0v) is 11.6. The van der Waals surface area contributed by atoms with Crippen LogP contribution in [-0.4, -0.2) is 26.1 Å². The molecule has 0 aliphatic carbocycles. The maximum Gasteiger partial charge on any atom is 0.148 e. The lowest BCUT2D eigenvalue weighted by atomic mass is 10.1. The molecule has 6 nitrogen and oxygen atoms in total. The normalized spacial score (nSPS) is 17.7. The highest BCUT2D eigenvalue weighted by Gasteiger charge is 2.25.